The molecule has 1 aromatic heterocycles. The van der Waals surface area contributed by atoms with E-state index in [0.29, 0.717) is 45.8 Å². The van der Waals surface area contributed by atoms with Gasteiger partial charge in [-0.15, -0.1) is 0 Å². The molecule has 0 bridgehead atoms. The van der Waals surface area contributed by atoms with Crippen LogP contribution in [-0.4, -0.2) is 53.4 Å². The van der Waals surface area contributed by atoms with Crippen LogP contribution in [0.15, 0.2) is 48.5 Å². The van der Waals surface area contributed by atoms with Gasteiger partial charge in [0.25, 0.3) is 5.91 Å². The van der Waals surface area contributed by atoms with Crippen LogP contribution in [0.3, 0.4) is 0 Å². The summed E-state index contributed by atoms with van der Waals surface area (Å²) in [7, 11) is 9.93. The minimum atomic E-state index is -0.272. The maximum atomic E-state index is 13.0. The maximum Gasteiger partial charge on any atom is 0.259 e. The summed E-state index contributed by atoms with van der Waals surface area (Å²) < 4.78 is 21.5. The minimum Gasteiger partial charge on any atom is -0.497 e. The number of amides is 1. The second-order valence-corrected chi connectivity index (χ2v) is 7.06. The van der Waals surface area contributed by atoms with E-state index in [1.54, 1.807) is 57.6 Å². The maximum absolute atomic E-state index is 13.0. The summed E-state index contributed by atoms with van der Waals surface area (Å²) in [5.74, 6) is 2.46. The van der Waals surface area contributed by atoms with Crippen molar-refractivity contribution in [3.63, 3.8) is 0 Å². The summed E-state index contributed by atoms with van der Waals surface area (Å²) in [4.78, 5) is 19.5. The van der Waals surface area contributed by atoms with Gasteiger partial charge in [-0.3, -0.25) is 4.79 Å². The summed E-state index contributed by atoms with van der Waals surface area (Å²) in [6.07, 6.45) is 0. The number of nitrogens with zero attached hydrogens (tertiary/aromatic N) is 2. The van der Waals surface area contributed by atoms with Crippen LogP contribution in [0.5, 0.6) is 23.0 Å². The van der Waals surface area contributed by atoms with Crippen molar-refractivity contribution in [1.29, 1.82) is 0 Å². The van der Waals surface area contributed by atoms with Crippen LogP contribution in [0, 0.1) is 0 Å². The van der Waals surface area contributed by atoms with Crippen LogP contribution in [0.25, 0.3) is 11.3 Å². The van der Waals surface area contributed by atoms with Crippen LogP contribution < -0.4 is 29.2 Å². The molecule has 1 heterocycles. The second kappa shape index (κ2) is 9.91. The third-order valence-electron chi connectivity index (χ3n) is 4.83. The Labute approximate surface area is 187 Å². The van der Waals surface area contributed by atoms with E-state index in [4.69, 9.17) is 23.9 Å². The quantitative estimate of drug-likeness (QED) is 0.568. The fourth-order valence-corrected chi connectivity index (χ4v) is 3.26. The highest BCUT2D eigenvalue weighted by Gasteiger charge is 2.19. The highest BCUT2D eigenvalue weighted by Crippen LogP contribution is 2.41. The Morgan fingerprint density at radius 2 is 1.56 bits per heavy atom. The first-order valence-corrected chi connectivity index (χ1v) is 9.86. The molecule has 168 valence electrons. The summed E-state index contributed by atoms with van der Waals surface area (Å²) in [5, 5.41) is 2.90. The molecule has 0 fully saturated rings. The molecule has 0 saturated heterocycles. The Morgan fingerprint density at radius 1 is 0.875 bits per heavy atom. The van der Waals surface area contributed by atoms with Crippen molar-refractivity contribution in [3.8, 4) is 34.3 Å². The van der Waals surface area contributed by atoms with Gasteiger partial charge in [0.15, 0.2) is 11.5 Å². The Morgan fingerprint density at radius 3 is 2.12 bits per heavy atom. The molecule has 2 aromatic carbocycles. The molecule has 3 aromatic rings. The highest BCUT2D eigenvalue weighted by molar-refractivity contribution is 6.07. The lowest BCUT2D eigenvalue weighted by Crippen LogP contribution is -2.20. The lowest BCUT2D eigenvalue weighted by molar-refractivity contribution is 0.102. The van der Waals surface area contributed by atoms with Gasteiger partial charge in [0.1, 0.15) is 11.6 Å². The summed E-state index contributed by atoms with van der Waals surface area (Å²) in [6, 6.07) is 14.4. The number of hydrogen-bond acceptors (Lipinski definition) is 7. The molecular weight excluding hydrogens is 410 g/mol. The number of nitrogens with one attached hydrogen (secondary N) is 1. The Balaban J connectivity index is 2.00. The van der Waals surface area contributed by atoms with E-state index in [-0.39, 0.29) is 5.91 Å². The van der Waals surface area contributed by atoms with E-state index in [1.165, 1.54) is 0 Å². The van der Waals surface area contributed by atoms with Crippen molar-refractivity contribution in [2.75, 3.05) is 52.8 Å². The van der Waals surface area contributed by atoms with E-state index in [9.17, 15) is 4.79 Å². The molecule has 1 N–H and O–H groups in total. The van der Waals surface area contributed by atoms with E-state index in [1.807, 2.05) is 38.4 Å². The molecule has 8 nitrogen and oxygen atoms in total. The van der Waals surface area contributed by atoms with Gasteiger partial charge in [0.05, 0.1) is 39.7 Å². The van der Waals surface area contributed by atoms with Gasteiger partial charge >= 0.3 is 0 Å². The van der Waals surface area contributed by atoms with Crippen LogP contribution in [0.2, 0.25) is 0 Å². The first-order chi connectivity index (χ1) is 15.4. The average Bonchev–Trinajstić information content (AvgIpc) is 2.82. The van der Waals surface area contributed by atoms with Gasteiger partial charge in [-0.2, -0.15) is 0 Å². The first-order valence-electron chi connectivity index (χ1n) is 9.86. The Hall–Kier alpha value is -3.94. The van der Waals surface area contributed by atoms with Gasteiger partial charge in [-0.1, -0.05) is 6.07 Å². The fraction of sp³-hybridized carbons (Fsp3) is 0.250. The first kappa shape index (κ1) is 22.7. The monoisotopic (exact) mass is 437 g/mol. The van der Waals surface area contributed by atoms with E-state index >= 15 is 0 Å². The number of aromatic nitrogens is 1. The molecule has 0 saturated carbocycles. The molecule has 0 aliphatic rings. The third-order valence-corrected chi connectivity index (χ3v) is 4.83. The van der Waals surface area contributed by atoms with E-state index in [0.717, 1.165) is 5.56 Å². The van der Waals surface area contributed by atoms with Gasteiger partial charge < -0.3 is 29.2 Å². The van der Waals surface area contributed by atoms with Gasteiger partial charge in [-0.25, -0.2) is 4.98 Å². The fourth-order valence-electron chi connectivity index (χ4n) is 3.26. The zero-order chi connectivity index (χ0) is 23.3. The highest BCUT2D eigenvalue weighted by atomic mass is 16.5. The SMILES string of the molecule is COc1cccc(NC(=O)c2ccc(-c3cc(OC)c(OC)c(OC)c3)nc2N(C)C)c1. The number of ether oxygens (including phenoxy) is 4. The van der Waals surface area contributed by atoms with Crippen molar-refractivity contribution < 1.29 is 23.7 Å². The van der Waals surface area contributed by atoms with Crippen molar-refractivity contribution >= 4 is 17.4 Å². The standard InChI is InChI=1S/C24H27N3O5/c1-27(2)23-18(24(28)25-16-8-7-9-17(14-16)29-3)10-11-19(26-23)15-12-20(30-4)22(32-6)21(13-15)31-5/h7-14H,1-6H3,(H,25,28). The molecule has 0 aliphatic carbocycles. The third kappa shape index (κ3) is 4.69. The molecule has 1 amide bonds. The molecule has 3 rings (SSSR count). The minimum absolute atomic E-state index is 0.272. The molecule has 32 heavy (non-hydrogen) atoms. The largest absolute Gasteiger partial charge is 0.497 e. The Bertz CT molecular complexity index is 1090. The number of rotatable bonds is 8. The number of anilines is 2. The number of pyridine rings is 1. The van der Waals surface area contributed by atoms with Crippen LogP contribution in [-0.2, 0) is 0 Å². The molecule has 0 atom stereocenters. The van der Waals surface area contributed by atoms with Crippen molar-refractivity contribution in [2.24, 2.45) is 0 Å². The number of benzene rings is 2. The smallest absolute Gasteiger partial charge is 0.259 e. The number of carbonyl (C=O) groups is 1. The molecule has 0 unspecified atom stereocenters. The Kier molecular flexibility index (Phi) is 7.04. The zero-order valence-corrected chi connectivity index (χ0v) is 19.1. The summed E-state index contributed by atoms with van der Waals surface area (Å²) >= 11 is 0. The van der Waals surface area contributed by atoms with E-state index in [2.05, 4.69) is 5.32 Å². The van der Waals surface area contributed by atoms with Crippen LogP contribution in [0.4, 0.5) is 11.5 Å². The predicted octanol–water partition coefficient (Wildman–Crippen LogP) is 4.10. The van der Waals surface area contributed by atoms with E-state index < -0.39 is 0 Å². The lowest BCUT2D eigenvalue weighted by Gasteiger charge is -2.18. The molecule has 0 aliphatic heterocycles. The molecule has 8 heteroatoms. The lowest BCUT2D eigenvalue weighted by atomic mass is 10.1. The molecular formula is C24H27N3O5. The summed E-state index contributed by atoms with van der Waals surface area (Å²) in [5.41, 5.74) is 2.50. The normalized spacial score (nSPS) is 10.3. The van der Waals surface area contributed by atoms with Crippen LogP contribution >= 0.6 is 0 Å². The molecule has 0 spiro atoms. The van der Waals surface area contributed by atoms with Gasteiger partial charge in [0.2, 0.25) is 5.75 Å². The second-order valence-electron chi connectivity index (χ2n) is 7.06. The van der Waals surface area contributed by atoms with Gasteiger partial charge in [0, 0.05) is 31.4 Å². The van der Waals surface area contributed by atoms with Crippen LogP contribution in [0.1, 0.15) is 10.4 Å². The number of carbonyl (C=O) groups excluding carboxylic acids is 1. The molecule has 0 radical (unpaired) electrons. The van der Waals surface area contributed by atoms with Crippen molar-refractivity contribution in [2.45, 2.75) is 0 Å². The predicted molar refractivity (Wildman–Crippen MR) is 125 cm³/mol. The average molecular weight is 437 g/mol. The topological polar surface area (TPSA) is 82.2 Å². The zero-order valence-electron chi connectivity index (χ0n) is 19.1. The van der Waals surface area contributed by atoms with Crippen molar-refractivity contribution in [3.05, 3.63) is 54.1 Å². The van der Waals surface area contributed by atoms with Crippen molar-refractivity contribution in [1.82, 2.24) is 4.98 Å². The number of hydrogen-bond donors (Lipinski definition) is 1. The van der Waals surface area contributed by atoms with Gasteiger partial charge in [-0.05, 0) is 36.4 Å². The number of methoxy groups -OCH3 is 4. The summed E-state index contributed by atoms with van der Waals surface area (Å²) in [6.45, 7) is 0.